The van der Waals surface area contributed by atoms with E-state index in [4.69, 9.17) is 0 Å². The second kappa shape index (κ2) is 7.96. The molecule has 0 spiro atoms. The predicted octanol–water partition coefficient (Wildman–Crippen LogP) is 2.83. The summed E-state index contributed by atoms with van der Waals surface area (Å²) in [5, 5.41) is 13.1. The maximum atomic E-state index is 11.9. The van der Waals surface area contributed by atoms with Crippen molar-refractivity contribution in [2.24, 2.45) is 5.92 Å². The minimum Gasteiger partial charge on any atom is -0.326 e. The quantitative estimate of drug-likeness (QED) is 0.793. The topological polar surface area (TPSA) is 69.8 Å². The number of nitrogens with zero attached hydrogens (tertiary/aromatic N) is 1. The van der Waals surface area contributed by atoms with Gasteiger partial charge < -0.3 is 10.6 Å². The van der Waals surface area contributed by atoms with Crippen LogP contribution >= 0.6 is 12.4 Å². The standard InChI is InChI=1S/C16H20N4O.ClH/c21-16(6-1-12-7-9-17-11-12)19-14-4-2-13(3-5-14)15-8-10-18-20-15;/h2-5,8,10,12,17H,1,6-7,9,11H2,(H,18,20)(H,19,21);1H. The first-order valence-corrected chi connectivity index (χ1v) is 7.41. The molecule has 0 radical (unpaired) electrons. The van der Waals surface area contributed by atoms with Gasteiger partial charge in [0.05, 0.1) is 5.69 Å². The normalized spacial score (nSPS) is 17.0. The van der Waals surface area contributed by atoms with Crippen molar-refractivity contribution in [3.05, 3.63) is 36.5 Å². The Bertz CT molecular complexity index is 577. The van der Waals surface area contributed by atoms with E-state index in [-0.39, 0.29) is 18.3 Å². The third kappa shape index (κ3) is 4.32. The molecule has 0 saturated carbocycles. The molecule has 6 heteroatoms. The lowest BCUT2D eigenvalue weighted by molar-refractivity contribution is -0.116. The van der Waals surface area contributed by atoms with E-state index in [0.29, 0.717) is 12.3 Å². The fourth-order valence-corrected chi connectivity index (χ4v) is 2.67. The van der Waals surface area contributed by atoms with Gasteiger partial charge in [-0.15, -0.1) is 12.4 Å². The van der Waals surface area contributed by atoms with E-state index >= 15 is 0 Å². The molecule has 1 saturated heterocycles. The van der Waals surface area contributed by atoms with Gasteiger partial charge in [0.15, 0.2) is 0 Å². The number of hydrogen-bond donors (Lipinski definition) is 3. The third-order valence-electron chi connectivity index (χ3n) is 3.92. The van der Waals surface area contributed by atoms with Crippen molar-refractivity contribution < 1.29 is 4.79 Å². The van der Waals surface area contributed by atoms with Crippen molar-refractivity contribution in [1.29, 1.82) is 0 Å². The Balaban J connectivity index is 0.00000176. The molecule has 22 heavy (non-hydrogen) atoms. The first-order valence-electron chi connectivity index (χ1n) is 7.41. The predicted molar refractivity (Wildman–Crippen MR) is 90.1 cm³/mol. The molecule has 1 fully saturated rings. The van der Waals surface area contributed by atoms with Gasteiger partial charge in [-0.2, -0.15) is 5.10 Å². The number of halogens is 1. The van der Waals surface area contributed by atoms with Crippen LogP contribution < -0.4 is 10.6 Å². The number of H-pyrrole nitrogens is 1. The number of carbonyl (C=O) groups is 1. The summed E-state index contributed by atoms with van der Waals surface area (Å²) in [7, 11) is 0. The molecular weight excluding hydrogens is 300 g/mol. The van der Waals surface area contributed by atoms with Crippen LogP contribution in [-0.2, 0) is 4.79 Å². The van der Waals surface area contributed by atoms with Crippen LogP contribution in [-0.4, -0.2) is 29.2 Å². The summed E-state index contributed by atoms with van der Waals surface area (Å²) in [5.74, 6) is 0.745. The fraction of sp³-hybridized carbons (Fsp3) is 0.375. The van der Waals surface area contributed by atoms with Crippen LogP contribution in [0.2, 0.25) is 0 Å². The van der Waals surface area contributed by atoms with Crippen LogP contribution in [0, 0.1) is 5.92 Å². The molecule has 1 amide bonds. The van der Waals surface area contributed by atoms with Crippen LogP contribution in [0.1, 0.15) is 19.3 Å². The van der Waals surface area contributed by atoms with E-state index in [1.54, 1.807) is 6.20 Å². The number of rotatable bonds is 5. The van der Waals surface area contributed by atoms with Gasteiger partial charge in [0, 0.05) is 18.3 Å². The maximum absolute atomic E-state index is 11.9. The Kier molecular flexibility index (Phi) is 5.98. The number of amides is 1. The van der Waals surface area contributed by atoms with Crippen molar-refractivity contribution in [1.82, 2.24) is 15.5 Å². The van der Waals surface area contributed by atoms with E-state index in [1.807, 2.05) is 30.3 Å². The van der Waals surface area contributed by atoms with Gasteiger partial charge in [0.25, 0.3) is 0 Å². The van der Waals surface area contributed by atoms with E-state index in [0.717, 1.165) is 36.5 Å². The van der Waals surface area contributed by atoms with Gasteiger partial charge in [-0.05, 0) is 55.6 Å². The van der Waals surface area contributed by atoms with Crippen molar-refractivity contribution in [2.45, 2.75) is 19.3 Å². The third-order valence-corrected chi connectivity index (χ3v) is 3.92. The second-order valence-corrected chi connectivity index (χ2v) is 5.49. The van der Waals surface area contributed by atoms with Gasteiger partial charge in [0.1, 0.15) is 0 Å². The lowest BCUT2D eigenvalue weighted by Crippen LogP contribution is -2.14. The molecule has 0 bridgehead atoms. The minimum atomic E-state index is 0. The average Bonchev–Trinajstić information content (AvgIpc) is 3.19. The maximum Gasteiger partial charge on any atom is 0.224 e. The Morgan fingerprint density at radius 3 is 2.73 bits per heavy atom. The lowest BCUT2D eigenvalue weighted by Gasteiger charge is -2.09. The first-order chi connectivity index (χ1) is 10.3. The fourth-order valence-electron chi connectivity index (χ4n) is 2.67. The van der Waals surface area contributed by atoms with E-state index < -0.39 is 0 Å². The van der Waals surface area contributed by atoms with E-state index in [1.165, 1.54) is 6.42 Å². The van der Waals surface area contributed by atoms with Gasteiger partial charge in [-0.25, -0.2) is 0 Å². The summed E-state index contributed by atoms with van der Waals surface area (Å²) in [5.41, 5.74) is 2.87. The zero-order valence-corrected chi connectivity index (χ0v) is 13.2. The smallest absolute Gasteiger partial charge is 0.224 e. The second-order valence-electron chi connectivity index (χ2n) is 5.49. The van der Waals surface area contributed by atoms with Gasteiger partial charge >= 0.3 is 0 Å². The zero-order valence-electron chi connectivity index (χ0n) is 12.3. The zero-order chi connectivity index (χ0) is 14.5. The highest BCUT2D eigenvalue weighted by atomic mass is 35.5. The van der Waals surface area contributed by atoms with Crippen molar-refractivity contribution in [3.63, 3.8) is 0 Å². The average molecular weight is 321 g/mol. The highest BCUT2D eigenvalue weighted by Gasteiger charge is 2.15. The molecule has 2 heterocycles. The van der Waals surface area contributed by atoms with Crippen molar-refractivity contribution in [3.8, 4) is 11.3 Å². The molecule has 1 atom stereocenters. The molecule has 3 N–H and O–H groups in total. The molecular formula is C16H21ClN4O. The SMILES string of the molecule is Cl.O=C(CCC1CCNC1)Nc1ccc(-c2ccn[nH]2)cc1. The molecule has 1 aromatic heterocycles. The molecule has 1 unspecified atom stereocenters. The lowest BCUT2D eigenvalue weighted by atomic mass is 10.0. The van der Waals surface area contributed by atoms with Crippen LogP contribution in [0.15, 0.2) is 36.5 Å². The van der Waals surface area contributed by atoms with Gasteiger partial charge in [0.2, 0.25) is 5.91 Å². The Hall–Kier alpha value is -1.85. The molecule has 1 aliphatic heterocycles. The summed E-state index contributed by atoms with van der Waals surface area (Å²) < 4.78 is 0. The van der Waals surface area contributed by atoms with E-state index in [2.05, 4.69) is 20.8 Å². The van der Waals surface area contributed by atoms with Gasteiger partial charge in [-0.3, -0.25) is 9.89 Å². The molecule has 0 aliphatic carbocycles. The van der Waals surface area contributed by atoms with Crippen molar-refractivity contribution >= 4 is 24.0 Å². The molecule has 2 aromatic rings. The number of aromatic amines is 1. The summed E-state index contributed by atoms with van der Waals surface area (Å²) >= 11 is 0. The highest BCUT2D eigenvalue weighted by molar-refractivity contribution is 5.90. The minimum absolute atomic E-state index is 0. The summed E-state index contributed by atoms with van der Waals surface area (Å²) in [6.45, 7) is 2.13. The number of benzene rings is 1. The van der Waals surface area contributed by atoms with Crippen LogP contribution in [0.5, 0.6) is 0 Å². The largest absolute Gasteiger partial charge is 0.326 e. The Morgan fingerprint density at radius 2 is 2.09 bits per heavy atom. The van der Waals surface area contributed by atoms with Crippen LogP contribution in [0.4, 0.5) is 5.69 Å². The molecule has 1 aromatic carbocycles. The van der Waals surface area contributed by atoms with E-state index in [9.17, 15) is 4.79 Å². The molecule has 1 aliphatic rings. The summed E-state index contributed by atoms with van der Waals surface area (Å²) in [4.78, 5) is 11.9. The summed E-state index contributed by atoms with van der Waals surface area (Å²) in [6, 6.07) is 9.72. The Labute approximate surface area is 136 Å². The Morgan fingerprint density at radius 1 is 1.27 bits per heavy atom. The first kappa shape index (κ1) is 16.5. The van der Waals surface area contributed by atoms with Crippen LogP contribution in [0.25, 0.3) is 11.3 Å². The highest BCUT2D eigenvalue weighted by Crippen LogP contribution is 2.19. The van der Waals surface area contributed by atoms with Crippen molar-refractivity contribution in [2.75, 3.05) is 18.4 Å². The number of aromatic nitrogens is 2. The molecule has 3 rings (SSSR count). The van der Waals surface area contributed by atoms with Crippen LogP contribution in [0.3, 0.4) is 0 Å². The number of carbonyl (C=O) groups excluding carboxylic acids is 1. The molecule has 5 nitrogen and oxygen atoms in total. The summed E-state index contributed by atoms with van der Waals surface area (Å²) in [6.07, 6.45) is 4.47. The number of anilines is 1. The van der Waals surface area contributed by atoms with Gasteiger partial charge in [-0.1, -0.05) is 12.1 Å². The number of hydrogen-bond acceptors (Lipinski definition) is 3. The molecule has 118 valence electrons. The monoisotopic (exact) mass is 320 g/mol. The number of nitrogens with one attached hydrogen (secondary N) is 3.